The molecule has 0 unspecified atom stereocenters. The van der Waals surface area contributed by atoms with Crippen molar-refractivity contribution >= 4 is 23.8 Å². The zero-order valence-electron chi connectivity index (χ0n) is 12.4. The molecule has 1 aromatic carbocycles. The molecule has 3 rings (SSSR count). The lowest BCUT2D eigenvalue weighted by Crippen LogP contribution is -2.48. The van der Waals surface area contributed by atoms with Crippen LogP contribution in [0, 0.1) is 10.1 Å². The third-order valence-electron chi connectivity index (χ3n) is 4.29. The van der Waals surface area contributed by atoms with Crippen molar-refractivity contribution in [3.63, 3.8) is 0 Å². The molecule has 1 N–H and O–H groups in total. The number of carbonyl (C=O) groups excluding carboxylic acids is 2. The largest absolute Gasteiger partial charge is 0.346 e. The van der Waals surface area contributed by atoms with Crippen LogP contribution in [-0.4, -0.2) is 33.6 Å². The van der Waals surface area contributed by atoms with Crippen LogP contribution in [0.15, 0.2) is 29.4 Å². The summed E-state index contributed by atoms with van der Waals surface area (Å²) < 4.78 is 0. The number of urea groups is 1. The summed E-state index contributed by atoms with van der Waals surface area (Å²) in [4.78, 5) is 35.0. The predicted octanol–water partition coefficient (Wildman–Crippen LogP) is 2.18. The van der Waals surface area contributed by atoms with Crippen molar-refractivity contribution in [1.82, 2.24) is 10.3 Å². The van der Waals surface area contributed by atoms with E-state index in [1.54, 1.807) is 12.1 Å². The van der Waals surface area contributed by atoms with Gasteiger partial charge < -0.3 is 5.32 Å². The lowest BCUT2D eigenvalue weighted by atomic mass is 9.82. The minimum atomic E-state index is -0.852. The fourth-order valence-electron chi connectivity index (χ4n) is 3.09. The normalized spacial score (nSPS) is 20.3. The number of carbonyl (C=O) groups is 2. The number of rotatable bonds is 3. The van der Waals surface area contributed by atoms with Gasteiger partial charge in [0.1, 0.15) is 5.54 Å². The van der Waals surface area contributed by atoms with Gasteiger partial charge in [0.15, 0.2) is 0 Å². The molecule has 8 nitrogen and oxygen atoms in total. The Labute approximate surface area is 132 Å². The van der Waals surface area contributed by atoms with Crippen molar-refractivity contribution < 1.29 is 14.5 Å². The van der Waals surface area contributed by atoms with Gasteiger partial charge in [0, 0.05) is 6.07 Å². The van der Waals surface area contributed by atoms with E-state index in [4.69, 9.17) is 0 Å². The standard InChI is InChI=1S/C15H16N4O4/c20-13-15(8-4-1-5-9-15)17-14(21)18(13)16-10-11-6-2-3-7-12(11)19(22)23/h2-3,6-7,10H,1,4-5,8-9H2,(H,17,21)/b16-10-. The van der Waals surface area contributed by atoms with Gasteiger partial charge in [-0.3, -0.25) is 14.9 Å². The molecule has 3 amide bonds. The highest BCUT2D eigenvalue weighted by Gasteiger charge is 2.51. The van der Waals surface area contributed by atoms with Gasteiger partial charge in [-0.25, -0.2) is 4.79 Å². The number of nitro groups is 1. The number of benzene rings is 1. The van der Waals surface area contributed by atoms with E-state index in [2.05, 4.69) is 10.4 Å². The molecule has 0 radical (unpaired) electrons. The predicted molar refractivity (Wildman–Crippen MR) is 81.9 cm³/mol. The van der Waals surface area contributed by atoms with Crippen LogP contribution in [0.4, 0.5) is 10.5 Å². The number of hydrazone groups is 1. The Morgan fingerprint density at radius 3 is 2.61 bits per heavy atom. The number of nitrogens with one attached hydrogen (secondary N) is 1. The highest BCUT2D eigenvalue weighted by Crippen LogP contribution is 2.33. The van der Waals surface area contributed by atoms with E-state index in [1.807, 2.05) is 0 Å². The van der Waals surface area contributed by atoms with Gasteiger partial charge >= 0.3 is 6.03 Å². The summed E-state index contributed by atoms with van der Waals surface area (Å²) in [6.45, 7) is 0. The van der Waals surface area contributed by atoms with Gasteiger partial charge in [-0.1, -0.05) is 31.4 Å². The monoisotopic (exact) mass is 316 g/mol. The zero-order valence-corrected chi connectivity index (χ0v) is 12.4. The SMILES string of the molecule is O=C1NC2(CCCCC2)C(=O)N1/N=C\c1ccccc1[N+](=O)[O-]. The summed E-state index contributed by atoms with van der Waals surface area (Å²) in [7, 11) is 0. The lowest BCUT2D eigenvalue weighted by Gasteiger charge is -2.29. The number of hydrogen-bond donors (Lipinski definition) is 1. The summed E-state index contributed by atoms with van der Waals surface area (Å²) >= 11 is 0. The van der Waals surface area contributed by atoms with Crippen LogP contribution in [0.25, 0.3) is 0 Å². The van der Waals surface area contributed by atoms with Crippen molar-refractivity contribution in [2.45, 2.75) is 37.6 Å². The second-order valence-electron chi connectivity index (χ2n) is 5.75. The van der Waals surface area contributed by atoms with Crippen molar-refractivity contribution in [2.24, 2.45) is 5.10 Å². The maximum absolute atomic E-state index is 12.5. The molecule has 1 aromatic rings. The number of nitro benzene ring substituents is 1. The number of para-hydroxylation sites is 1. The molecule has 0 bridgehead atoms. The molecule has 0 atom stereocenters. The van der Waals surface area contributed by atoms with E-state index in [9.17, 15) is 19.7 Å². The Morgan fingerprint density at radius 1 is 1.22 bits per heavy atom. The first-order chi connectivity index (χ1) is 11.0. The van der Waals surface area contributed by atoms with Crippen LogP contribution < -0.4 is 5.32 Å². The fraction of sp³-hybridized carbons (Fsp3) is 0.400. The van der Waals surface area contributed by atoms with Crippen LogP contribution >= 0.6 is 0 Å². The van der Waals surface area contributed by atoms with Crippen LogP contribution in [0.3, 0.4) is 0 Å². The fourth-order valence-corrected chi connectivity index (χ4v) is 3.09. The van der Waals surface area contributed by atoms with E-state index in [-0.39, 0.29) is 17.2 Å². The van der Waals surface area contributed by atoms with Gasteiger partial charge in [0.05, 0.1) is 16.7 Å². The summed E-state index contributed by atoms with van der Waals surface area (Å²) in [5, 5.41) is 18.4. The Morgan fingerprint density at radius 2 is 1.91 bits per heavy atom. The summed E-state index contributed by atoms with van der Waals surface area (Å²) in [6, 6.07) is 5.45. The minimum Gasteiger partial charge on any atom is -0.321 e. The van der Waals surface area contributed by atoms with E-state index in [0.29, 0.717) is 12.8 Å². The summed E-state index contributed by atoms with van der Waals surface area (Å²) in [5.41, 5.74) is -0.742. The number of imide groups is 1. The molecule has 2 fully saturated rings. The second kappa shape index (κ2) is 5.79. The van der Waals surface area contributed by atoms with Crippen molar-refractivity contribution in [1.29, 1.82) is 0 Å². The first-order valence-corrected chi connectivity index (χ1v) is 7.48. The molecular weight excluding hydrogens is 300 g/mol. The smallest absolute Gasteiger partial charge is 0.321 e. The average Bonchev–Trinajstić information content (AvgIpc) is 2.77. The lowest BCUT2D eigenvalue weighted by molar-refractivity contribution is -0.385. The highest BCUT2D eigenvalue weighted by molar-refractivity contribution is 6.07. The van der Waals surface area contributed by atoms with Crippen LogP contribution in [0.2, 0.25) is 0 Å². The summed E-state index contributed by atoms with van der Waals surface area (Å²) in [5.74, 6) is -0.378. The maximum atomic E-state index is 12.5. The third kappa shape index (κ3) is 2.67. The third-order valence-corrected chi connectivity index (χ3v) is 4.29. The molecule has 1 aliphatic carbocycles. The van der Waals surface area contributed by atoms with Gasteiger partial charge in [-0.05, 0) is 18.9 Å². The van der Waals surface area contributed by atoms with Crippen molar-refractivity contribution in [3.8, 4) is 0 Å². The molecule has 1 saturated carbocycles. The Kier molecular flexibility index (Phi) is 3.81. The molecule has 0 aromatic heterocycles. The minimum absolute atomic E-state index is 0.129. The second-order valence-corrected chi connectivity index (χ2v) is 5.75. The Bertz CT molecular complexity index is 694. The van der Waals surface area contributed by atoms with Crippen LogP contribution in [0.1, 0.15) is 37.7 Å². The van der Waals surface area contributed by atoms with Crippen LogP contribution in [0.5, 0.6) is 0 Å². The van der Waals surface area contributed by atoms with E-state index < -0.39 is 16.5 Å². The highest BCUT2D eigenvalue weighted by atomic mass is 16.6. The molecule has 1 saturated heterocycles. The van der Waals surface area contributed by atoms with Gasteiger partial charge in [-0.15, -0.1) is 5.01 Å². The van der Waals surface area contributed by atoms with E-state index in [1.165, 1.54) is 18.3 Å². The molecule has 1 aliphatic heterocycles. The average molecular weight is 316 g/mol. The maximum Gasteiger partial charge on any atom is 0.346 e. The molecule has 2 aliphatic rings. The molecule has 8 heteroatoms. The van der Waals surface area contributed by atoms with E-state index >= 15 is 0 Å². The van der Waals surface area contributed by atoms with Gasteiger partial charge in [0.2, 0.25) is 0 Å². The van der Waals surface area contributed by atoms with E-state index in [0.717, 1.165) is 24.3 Å². The van der Waals surface area contributed by atoms with Crippen LogP contribution in [-0.2, 0) is 4.79 Å². The number of nitrogens with zero attached hydrogens (tertiary/aromatic N) is 3. The first kappa shape index (κ1) is 15.1. The molecule has 1 spiro atoms. The molecule has 120 valence electrons. The molecular formula is C15H16N4O4. The topological polar surface area (TPSA) is 105 Å². The van der Waals surface area contributed by atoms with Crippen molar-refractivity contribution in [2.75, 3.05) is 0 Å². The zero-order chi connectivity index (χ0) is 16.4. The Balaban J connectivity index is 1.84. The van der Waals surface area contributed by atoms with Gasteiger partial charge in [-0.2, -0.15) is 5.10 Å². The number of amides is 3. The first-order valence-electron chi connectivity index (χ1n) is 7.48. The van der Waals surface area contributed by atoms with Gasteiger partial charge in [0.25, 0.3) is 11.6 Å². The Hall–Kier alpha value is -2.77. The quantitative estimate of drug-likeness (QED) is 0.399. The number of hydrogen-bond acceptors (Lipinski definition) is 5. The summed E-state index contributed by atoms with van der Waals surface area (Å²) in [6.07, 6.45) is 5.20. The molecule has 23 heavy (non-hydrogen) atoms. The molecule has 1 heterocycles. The van der Waals surface area contributed by atoms with Crippen molar-refractivity contribution in [3.05, 3.63) is 39.9 Å².